The summed E-state index contributed by atoms with van der Waals surface area (Å²) >= 11 is 0. The van der Waals surface area contributed by atoms with Crippen LogP contribution in [0.1, 0.15) is 22.3 Å². The molecule has 0 radical (unpaired) electrons. The Hall–Kier alpha value is -2.36. The van der Waals surface area contributed by atoms with Crippen LogP contribution in [-0.2, 0) is 0 Å². The molecule has 106 valence electrons. The van der Waals surface area contributed by atoms with Gasteiger partial charge in [-0.25, -0.2) is 0 Å². The van der Waals surface area contributed by atoms with Crippen molar-refractivity contribution >= 4 is 0 Å². The Kier molecular flexibility index (Phi) is 3.26. The minimum Gasteiger partial charge on any atom is -0.508 e. The first kappa shape index (κ1) is 14.1. The van der Waals surface area contributed by atoms with Gasteiger partial charge in [-0.2, -0.15) is 0 Å². The van der Waals surface area contributed by atoms with Gasteiger partial charge in [0.15, 0.2) is 0 Å². The van der Waals surface area contributed by atoms with Crippen LogP contribution >= 0.6 is 0 Å². The van der Waals surface area contributed by atoms with Crippen molar-refractivity contribution in [1.29, 1.82) is 0 Å². The SMILES string of the molecule is Cc1c(C)c(O)c(-c2c(O)ccc(O)c2C)c(C)c1O. The van der Waals surface area contributed by atoms with E-state index in [0.29, 0.717) is 33.4 Å². The first-order chi connectivity index (χ1) is 9.27. The van der Waals surface area contributed by atoms with Crippen LogP contribution in [0.5, 0.6) is 23.0 Å². The second kappa shape index (κ2) is 4.63. The zero-order chi connectivity index (χ0) is 15.2. The summed E-state index contributed by atoms with van der Waals surface area (Å²) in [5.41, 5.74) is 2.74. The molecule has 4 heteroatoms. The van der Waals surface area contributed by atoms with Crippen LogP contribution in [0.15, 0.2) is 12.1 Å². The van der Waals surface area contributed by atoms with Gasteiger partial charge in [-0.15, -0.1) is 0 Å². The fourth-order valence-electron chi connectivity index (χ4n) is 2.43. The maximum atomic E-state index is 10.4. The third-order valence-electron chi connectivity index (χ3n) is 3.90. The quantitative estimate of drug-likeness (QED) is 0.601. The van der Waals surface area contributed by atoms with Crippen molar-refractivity contribution in [3.63, 3.8) is 0 Å². The minimum absolute atomic E-state index is 0.00167. The van der Waals surface area contributed by atoms with Crippen LogP contribution < -0.4 is 0 Å². The molecular formula is C16H18O4. The largest absolute Gasteiger partial charge is 0.508 e. The maximum Gasteiger partial charge on any atom is 0.127 e. The Morgan fingerprint density at radius 1 is 0.550 bits per heavy atom. The van der Waals surface area contributed by atoms with E-state index >= 15 is 0 Å². The van der Waals surface area contributed by atoms with Gasteiger partial charge >= 0.3 is 0 Å². The lowest BCUT2D eigenvalue weighted by atomic mass is 9.90. The molecule has 4 N–H and O–H groups in total. The Labute approximate surface area is 117 Å². The van der Waals surface area contributed by atoms with E-state index in [1.54, 1.807) is 27.7 Å². The lowest BCUT2D eigenvalue weighted by Gasteiger charge is -2.18. The standard InChI is InChI=1S/C16H18O4/c1-7-8(2)16(20)14(10(4)15(7)19)13-9(3)11(17)5-6-12(13)18/h5-6,17-20H,1-4H3. The van der Waals surface area contributed by atoms with Gasteiger partial charge in [0.1, 0.15) is 23.0 Å². The van der Waals surface area contributed by atoms with Gasteiger partial charge in [0, 0.05) is 22.3 Å². The Bertz CT molecular complexity index is 673. The van der Waals surface area contributed by atoms with Crippen molar-refractivity contribution in [2.45, 2.75) is 27.7 Å². The zero-order valence-corrected chi connectivity index (χ0v) is 11.9. The molecule has 2 aromatic rings. The lowest BCUT2D eigenvalue weighted by molar-refractivity contribution is 0.447. The molecule has 0 aliphatic carbocycles. The normalized spacial score (nSPS) is 10.8. The van der Waals surface area contributed by atoms with Gasteiger partial charge in [-0.05, 0) is 51.0 Å². The van der Waals surface area contributed by atoms with Crippen molar-refractivity contribution in [3.05, 3.63) is 34.4 Å². The first-order valence-electron chi connectivity index (χ1n) is 6.31. The molecule has 0 amide bonds. The van der Waals surface area contributed by atoms with Gasteiger partial charge in [0.2, 0.25) is 0 Å². The molecule has 0 unspecified atom stereocenters. The molecule has 0 spiro atoms. The van der Waals surface area contributed by atoms with Gasteiger partial charge in [-0.3, -0.25) is 0 Å². The van der Waals surface area contributed by atoms with Crippen LogP contribution in [0.25, 0.3) is 11.1 Å². The molecule has 0 saturated heterocycles. The highest BCUT2D eigenvalue weighted by atomic mass is 16.3. The minimum atomic E-state index is -0.0543. The summed E-state index contributed by atoms with van der Waals surface area (Å²) in [5.74, 6) is 0.0508. The van der Waals surface area contributed by atoms with Crippen LogP contribution in [0.4, 0.5) is 0 Å². The second-order valence-corrected chi connectivity index (χ2v) is 5.05. The molecule has 0 bridgehead atoms. The van der Waals surface area contributed by atoms with E-state index in [9.17, 15) is 20.4 Å². The van der Waals surface area contributed by atoms with E-state index in [1.165, 1.54) is 12.1 Å². The van der Waals surface area contributed by atoms with Crippen LogP contribution in [0.2, 0.25) is 0 Å². The lowest BCUT2D eigenvalue weighted by Crippen LogP contribution is -1.95. The van der Waals surface area contributed by atoms with Crippen LogP contribution in [0.3, 0.4) is 0 Å². The maximum absolute atomic E-state index is 10.4. The highest BCUT2D eigenvalue weighted by Crippen LogP contribution is 2.47. The summed E-state index contributed by atoms with van der Waals surface area (Å²) < 4.78 is 0. The predicted molar refractivity (Wildman–Crippen MR) is 77.5 cm³/mol. The summed E-state index contributed by atoms with van der Waals surface area (Å²) in [6, 6.07) is 2.75. The average Bonchev–Trinajstić information content (AvgIpc) is 2.42. The molecule has 2 rings (SSSR count). The van der Waals surface area contributed by atoms with Gasteiger partial charge in [-0.1, -0.05) is 0 Å². The average molecular weight is 274 g/mol. The fraction of sp³-hybridized carbons (Fsp3) is 0.250. The molecule has 0 atom stereocenters. The first-order valence-corrected chi connectivity index (χ1v) is 6.31. The molecule has 0 aromatic heterocycles. The third kappa shape index (κ3) is 1.84. The molecule has 0 fully saturated rings. The number of phenolic OH excluding ortho intramolecular Hbond substituents is 4. The number of phenols is 4. The number of aromatic hydroxyl groups is 4. The topological polar surface area (TPSA) is 80.9 Å². The molecule has 4 nitrogen and oxygen atoms in total. The summed E-state index contributed by atoms with van der Waals surface area (Å²) in [4.78, 5) is 0. The van der Waals surface area contributed by atoms with Crippen molar-refractivity contribution in [1.82, 2.24) is 0 Å². The van der Waals surface area contributed by atoms with E-state index in [-0.39, 0.29) is 23.0 Å². The van der Waals surface area contributed by atoms with Crippen LogP contribution in [-0.4, -0.2) is 20.4 Å². The van der Waals surface area contributed by atoms with E-state index in [0.717, 1.165) is 0 Å². The van der Waals surface area contributed by atoms with Crippen molar-refractivity contribution < 1.29 is 20.4 Å². The number of benzene rings is 2. The van der Waals surface area contributed by atoms with E-state index < -0.39 is 0 Å². The molecular weight excluding hydrogens is 256 g/mol. The number of hydrogen-bond acceptors (Lipinski definition) is 4. The fourth-order valence-corrected chi connectivity index (χ4v) is 2.43. The van der Waals surface area contributed by atoms with E-state index in [2.05, 4.69) is 0 Å². The highest BCUT2D eigenvalue weighted by molar-refractivity contribution is 5.85. The van der Waals surface area contributed by atoms with Crippen molar-refractivity contribution in [3.8, 4) is 34.1 Å². The molecule has 0 aliphatic heterocycles. The van der Waals surface area contributed by atoms with Crippen molar-refractivity contribution in [2.75, 3.05) is 0 Å². The van der Waals surface area contributed by atoms with E-state index in [4.69, 9.17) is 0 Å². The number of hydrogen-bond donors (Lipinski definition) is 4. The second-order valence-electron chi connectivity index (χ2n) is 5.05. The summed E-state index contributed by atoms with van der Waals surface area (Å²) in [6.45, 7) is 6.73. The van der Waals surface area contributed by atoms with Crippen LogP contribution in [0, 0.1) is 27.7 Å². The van der Waals surface area contributed by atoms with Crippen molar-refractivity contribution in [2.24, 2.45) is 0 Å². The zero-order valence-electron chi connectivity index (χ0n) is 11.9. The number of rotatable bonds is 1. The third-order valence-corrected chi connectivity index (χ3v) is 3.90. The molecule has 20 heavy (non-hydrogen) atoms. The molecule has 2 aromatic carbocycles. The smallest absolute Gasteiger partial charge is 0.127 e. The Morgan fingerprint density at radius 2 is 1.05 bits per heavy atom. The molecule has 0 saturated carbocycles. The summed E-state index contributed by atoms with van der Waals surface area (Å²) in [7, 11) is 0. The monoisotopic (exact) mass is 274 g/mol. The van der Waals surface area contributed by atoms with Gasteiger partial charge < -0.3 is 20.4 Å². The predicted octanol–water partition coefficient (Wildman–Crippen LogP) is 3.41. The van der Waals surface area contributed by atoms with Gasteiger partial charge in [0.25, 0.3) is 0 Å². The summed E-state index contributed by atoms with van der Waals surface area (Å²) in [5, 5.41) is 40.4. The Balaban J connectivity index is 2.95. The van der Waals surface area contributed by atoms with E-state index in [1.807, 2.05) is 0 Å². The Morgan fingerprint density at radius 3 is 1.65 bits per heavy atom. The van der Waals surface area contributed by atoms with Gasteiger partial charge in [0.05, 0.1) is 0 Å². The highest BCUT2D eigenvalue weighted by Gasteiger charge is 2.22. The molecule has 0 heterocycles. The summed E-state index contributed by atoms with van der Waals surface area (Å²) in [6.07, 6.45) is 0. The molecule has 0 aliphatic rings.